The van der Waals surface area contributed by atoms with E-state index >= 15 is 0 Å². The number of hydrogen-bond acceptors (Lipinski definition) is 18. The zero-order valence-corrected chi connectivity index (χ0v) is 66.0. The van der Waals surface area contributed by atoms with Crippen molar-refractivity contribution in [1.29, 1.82) is 9.56 Å². The molecule has 10 rings (SSSR count). The summed E-state index contributed by atoms with van der Waals surface area (Å²) in [6.45, 7) is 8.28. The molecule has 424 valence electrons. The number of nitrogens with zero attached hydrogens (tertiary/aromatic N) is 6. The third-order valence-electron chi connectivity index (χ3n) is 10.9. The molecule has 0 aromatic carbocycles. The van der Waals surface area contributed by atoms with Crippen LogP contribution >= 0.6 is 61.3 Å². The number of nitrogens with one attached hydrogen (secondary N) is 2. The maximum Gasteiger partial charge on any atom is 0.0493 e. The molecular formula is C46H81BrN8O6S10Y4-4. The van der Waals surface area contributed by atoms with Crippen molar-refractivity contribution in [2.75, 3.05) is 71.2 Å². The molecule has 0 aliphatic carbocycles. The molecule has 6 aliphatic rings. The van der Waals surface area contributed by atoms with Crippen molar-refractivity contribution in [3.8, 4) is 0 Å². The predicted molar refractivity (Wildman–Crippen MR) is 316 cm³/mol. The van der Waals surface area contributed by atoms with Crippen molar-refractivity contribution in [2.24, 2.45) is 8.73 Å². The topological polar surface area (TPSA) is 226 Å². The normalized spacial score (nSPS) is 24.4. The molecule has 14 nitrogen and oxygen atoms in total. The Bertz CT molecular complexity index is 2120. The van der Waals surface area contributed by atoms with Crippen molar-refractivity contribution in [3.05, 3.63) is 68.3 Å². The van der Waals surface area contributed by atoms with Crippen molar-refractivity contribution in [2.45, 2.75) is 140 Å². The van der Waals surface area contributed by atoms with Gasteiger partial charge in [0.2, 0.25) is 0 Å². The molecule has 0 spiro atoms. The second-order valence-corrected chi connectivity index (χ2v) is 33.9. The fraction of sp³-hybridized carbons (Fsp3) is 0.739. The second-order valence-electron chi connectivity index (χ2n) is 15.9. The van der Waals surface area contributed by atoms with Crippen LogP contribution in [0.15, 0.2) is 55.0 Å². The largest absolute Gasteiger partial charge is 0.394 e. The van der Waals surface area contributed by atoms with Gasteiger partial charge in [-0.05, 0) is 118 Å². The van der Waals surface area contributed by atoms with E-state index < -0.39 is 60.5 Å². The summed E-state index contributed by atoms with van der Waals surface area (Å²) in [6.07, 6.45) is 23.1. The molecule has 6 atom stereocenters. The Morgan fingerprint density at radius 1 is 0.547 bits per heavy atom. The minimum Gasteiger partial charge on any atom is -0.394 e. The number of alkyl halides is 1. The molecule has 4 aromatic heterocycles. The minimum atomic E-state index is -2.14. The van der Waals surface area contributed by atoms with Gasteiger partial charge in [0.15, 0.2) is 0 Å². The van der Waals surface area contributed by atoms with Crippen LogP contribution in [0.5, 0.6) is 0 Å². The first kappa shape index (κ1) is 87.3. The average Bonchev–Trinajstić information content (AvgIpc) is 4.19. The summed E-state index contributed by atoms with van der Waals surface area (Å²) in [6, 6.07) is 0. The Morgan fingerprint density at radius 2 is 0.947 bits per heavy atom. The molecule has 10 heterocycles. The van der Waals surface area contributed by atoms with Gasteiger partial charge >= 0.3 is 0 Å². The molecule has 0 amide bonds. The summed E-state index contributed by atoms with van der Waals surface area (Å²) in [4.78, 5) is 14.5. The average molecular weight is 1600 g/mol. The summed E-state index contributed by atoms with van der Waals surface area (Å²) < 4.78 is 88.3. The summed E-state index contributed by atoms with van der Waals surface area (Å²) in [5, 5.41) is 9.69. The Kier molecular flexibility index (Phi) is 65.9. The Labute approximate surface area is 585 Å². The predicted octanol–water partition coefficient (Wildman–Crippen LogP) is 12.0. The van der Waals surface area contributed by atoms with E-state index in [2.05, 4.69) is 80.5 Å². The number of thiazole rings is 4. The fourth-order valence-corrected chi connectivity index (χ4v) is 19.0. The van der Waals surface area contributed by atoms with Gasteiger partial charge in [-0.15, -0.1) is 46.3 Å². The molecule has 0 saturated carbocycles. The zero-order valence-electron chi connectivity index (χ0n) is 44.9. The number of aromatic nitrogens is 4. The first-order chi connectivity index (χ1) is 34.0. The number of hydrogen-bond donors (Lipinski definition) is 2. The molecule has 2 N–H and O–H groups in total. The van der Waals surface area contributed by atoms with Gasteiger partial charge in [-0.1, -0.05) is 43.6 Å². The molecule has 75 heavy (non-hydrogen) atoms. The summed E-state index contributed by atoms with van der Waals surface area (Å²) >= 11 is 9.05. The second kappa shape index (κ2) is 56.6. The van der Waals surface area contributed by atoms with Gasteiger partial charge in [0.05, 0.1) is 0 Å². The monoisotopic (exact) mass is 1600 g/mol. The molecule has 6 saturated heterocycles. The van der Waals surface area contributed by atoms with Crippen LogP contribution in [0.25, 0.3) is 0 Å². The quantitative estimate of drug-likeness (QED) is 0.146. The zero-order chi connectivity index (χ0) is 53.1. The van der Waals surface area contributed by atoms with E-state index in [9.17, 15) is 25.3 Å². The Balaban J connectivity index is -0.000000241. The molecule has 6 fully saturated rings. The van der Waals surface area contributed by atoms with Crippen molar-refractivity contribution in [1.82, 2.24) is 19.9 Å². The Hall–Kier alpha value is 3.52. The molecule has 0 bridgehead atoms. The maximum absolute atomic E-state index is 11.7. The maximum atomic E-state index is 11.7. The van der Waals surface area contributed by atoms with Crippen LogP contribution in [0.3, 0.4) is 0 Å². The van der Waals surface area contributed by atoms with Gasteiger partial charge in [0.25, 0.3) is 0 Å². The van der Waals surface area contributed by atoms with E-state index in [4.69, 9.17) is 9.56 Å². The first-order valence-electron chi connectivity index (χ1n) is 24.0. The van der Waals surface area contributed by atoms with E-state index in [0.717, 1.165) is 110 Å². The van der Waals surface area contributed by atoms with Gasteiger partial charge in [0.1, 0.15) is 0 Å². The van der Waals surface area contributed by atoms with E-state index in [1.165, 1.54) is 71.0 Å². The molecule has 6 aliphatic heterocycles. The standard InChI is InChI=1S/C7H15NOS.C6H13NOS.C6H12OS.C5H11NOS.C4H9NOS.C4H8OS.4C3H2NS.C2H5Br.4Y/c1-3-7-5-4-6-10(7,9)8-2;1-2-6-4-3-5-9(6,7)8;1-2-6-4-3-5-8(6)7;1-6-8(7)4-2-3-5-8;5-7(6)3-1-2-4-7;5-6-3-1-2-4-6;4*1-2-5-3-4-1;1-2-3;;;;/h7H,3-6H2,1-2H3;6-7H,2-5H2,1H3;6H,2-5H2,1H3;2-5H2,1H3;5H,1-4H2;1-4H2;4*1-2H;2H2,1H3;;;;/q;;;;;;4*-1;;;;;. The molecule has 4 radical (unpaired) electrons. The van der Waals surface area contributed by atoms with Crippen LogP contribution in [0, 0.1) is 31.6 Å². The van der Waals surface area contributed by atoms with Crippen LogP contribution < -0.4 is 0 Å². The van der Waals surface area contributed by atoms with Crippen LogP contribution in [-0.2, 0) is 191 Å². The van der Waals surface area contributed by atoms with Crippen LogP contribution in [0.2, 0.25) is 0 Å². The number of halogens is 1. The Morgan fingerprint density at radius 3 is 1.12 bits per heavy atom. The van der Waals surface area contributed by atoms with Crippen LogP contribution in [0.1, 0.15) is 124 Å². The van der Waals surface area contributed by atoms with Crippen molar-refractivity contribution >= 4 is 122 Å². The summed E-state index contributed by atoms with van der Waals surface area (Å²) in [5.74, 6) is 7.32. The summed E-state index contributed by atoms with van der Waals surface area (Å²) in [5.41, 5.74) is 10.6. The van der Waals surface area contributed by atoms with E-state index in [-0.39, 0.29) is 136 Å². The molecule has 4 aromatic rings. The molecule has 6 unspecified atom stereocenters. The van der Waals surface area contributed by atoms with E-state index in [1.54, 1.807) is 38.9 Å². The van der Waals surface area contributed by atoms with Gasteiger partial charge in [-0.2, -0.15) is 0 Å². The third kappa shape index (κ3) is 47.5. The van der Waals surface area contributed by atoms with E-state index in [0.29, 0.717) is 27.8 Å². The minimum absolute atomic E-state index is 0. The van der Waals surface area contributed by atoms with Gasteiger partial charge < -0.3 is 19.9 Å². The molecule has 29 heteroatoms. The van der Waals surface area contributed by atoms with Gasteiger partial charge in [-0.25, -0.2) is 25.6 Å². The third-order valence-corrected chi connectivity index (χ3v) is 26.3. The van der Waals surface area contributed by atoms with Crippen molar-refractivity contribution < 1.29 is 156 Å². The fourth-order valence-electron chi connectivity index (χ4n) is 7.02. The van der Waals surface area contributed by atoms with Gasteiger partial charge in [-0.3, -0.25) is 63.3 Å². The SMILES string of the molecule is CCBr.CCC1CCCS1(=N)=O.CCC1CCCS1(=O)=NC.CCC1CCCS1=O.CN=S1(=O)CCCC1.N=S1(=O)CCCC1.O=S1CCCC1.[Y].[Y].[Y].[Y].[c-]1nccs1.[c-]1nccs1.[c-]1nccs1.[c-]1nccs1. The van der Waals surface area contributed by atoms with Crippen LogP contribution in [0.4, 0.5) is 0 Å². The summed E-state index contributed by atoms with van der Waals surface area (Å²) in [7, 11) is -5.14. The first-order valence-corrected chi connectivity index (χ1v) is 38.8. The van der Waals surface area contributed by atoms with E-state index in [1.807, 2.05) is 35.4 Å². The smallest absolute Gasteiger partial charge is 0.0493 e. The molecular weight excluding hydrogens is 1520 g/mol. The van der Waals surface area contributed by atoms with Crippen LogP contribution in [-0.4, -0.2) is 132 Å². The van der Waals surface area contributed by atoms with Gasteiger partial charge in [0, 0.05) is 278 Å². The number of rotatable bonds is 3. The van der Waals surface area contributed by atoms with Crippen molar-refractivity contribution in [3.63, 3.8) is 0 Å².